The van der Waals surface area contributed by atoms with Crippen molar-refractivity contribution in [3.05, 3.63) is 90.0 Å². The van der Waals surface area contributed by atoms with Gasteiger partial charge in [-0.05, 0) is 50.3 Å². The molecule has 3 aliphatic rings. The minimum absolute atomic E-state index is 0.0379. The second-order valence-corrected chi connectivity index (χ2v) is 12.9. The normalized spacial score (nSPS) is 25.5. The molecule has 0 radical (unpaired) electrons. The van der Waals surface area contributed by atoms with Crippen molar-refractivity contribution in [1.82, 2.24) is 10.2 Å². The number of anilines is 1. The molecule has 0 unspecified atom stereocenters. The number of nitrogens with one attached hydrogen (secondary N) is 1. The van der Waals surface area contributed by atoms with E-state index in [-0.39, 0.29) is 25.4 Å². The van der Waals surface area contributed by atoms with Crippen LogP contribution < -0.4 is 10.2 Å². The molecule has 250 valence electrons. The smallest absolute Gasteiger partial charge is 0.313 e. The summed E-state index contributed by atoms with van der Waals surface area (Å²) in [6.45, 7) is 10.7. The van der Waals surface area contributed by atoms with E-state index >= 15 is 0 Å². The van der Waals surface area contributed by atoms with Crippen molar-refractivity contribution in [2.75, 3.05) is 24.6 Å². The number of hydrogen-bond acceptors (Lipinski definition) is 7. The number of esters is 1. The highest BCUT2D eigenvalue weighted by Crippen LogP contribution is 2.59. The van der Waals surface area contributed by atoms with Crippen molar-refractivity contribution in [1.29, 1.82) is 0 Å². The summed E-state index contributed by atoms with van der Waals surface area (Å²) in [5.41, 5.74) is 0.615. The fraction of sp³-hybridized carbons (Fsp3) is 0.444. The molecule has 5 rings (SSSR count). The number of aryl methyl sites for hydroxylation is 1. The molecule has 1 spiro atoms. The summed E-state index contributed by atoms with van der Waals surface area (Å²) >= 11 is 6.62. The number of halogens is 1. The van der Waals surface area contributed by atoms with Crippen molar-refractivity contribution < 1.29 is 33.8 Å². The molecular weight excluding hydrogens is 622 g/mol. The molecule has 47 heavy (non-hydrogen) atoms. The lowest BCUT2D eigenvalue weighted by Crippen LogP contribution is -2.58. The zero-order valence-corrected chi connectivity index (χ0v) is 27.5. The Kier molecular flexibility index (Phi) is 10.5. The molecule has 7 atom stereocenters. The van der Waals surface area contributed by atoms with Crippen LogP contribution in [0.3, 0.4) is 0 Å². The average molecular weight is 664 g/mol. The molecule has 3 heterocycles. The quantitative estimate of drug-likeness (QED) is 0.228. The van der Waals surface area contributed by atoms with Crippen molar-refractivity contribution in [3.63, 3.8) is 0 Å². The van der Waals surface area contributed by atoms with Gasteiger partial charge < -0.3 is 29.7 Å². The van der Waals surface area contributed by atoms with Gasteiger partial charge in [-0.3, -0.25) is 19.2 Å². The Balaban J connectivity index is 1.48. The Labute approximate surface area is 280 Å². The van der Waals surface area contributed by atoms with Gasteiger partial charge in [0.05, 0.1) is 47.8 Å². The van der Waals surface area contributed by atoms with Gasteiger partial charge in [0.1, 0.15) is 17.7 Å². The number of likely N-dealkylation sites (tertiary alicyclic amines) is 1. The number of hydrogen-bond donors (Lipinski definition) is 2. The lowest BCUT2D eigenvalue weighted by atomic mass is 9.70. The van der Waals surface area contributed by atoms with E-state index in [0.717, 1.165) is 5.56 Å². The first-order valence-electron chi connectivity index (χ1n) is 16.0. The van der Waals surface area contributed by atoms with Crippen molar-refractivity contribution in [2.24, 2.45) is 11.8 Å². The molecule has 3 saturated heterocycles. The van der Waals surface area contributed by atoms with Gasteiger partial charge in [0.25, 0.3) is 5.91 Å². The van der Waals surface area contributed by atoms with Crippen LogP contribution in [0, 0.1) is 18.8 Å². The number of aliphatic hydroxyl groups excluding tert-OH is 1. The topological polar surface area (TPSA) is 125 Å². The van der Waals surface area contributed by atoms with Gasteiger partial charge in [0.15, 0.2) is 0 Å². The Morgan fingerprint density at radius 2 is 1.94 bits per heavy atom. The zero-order chi connectivity index (χ0) is 33.9. The molecule has 11 heteroatoms. The number of carbonyl (C=O) groups excluding carboxylic acids is 4. The molecule has 0 saturated carbocycles. The molecule has 2 aromatic carbocycles. The number of aliphatic hydroxyl groups is 1. The van der Waals surface area contributed by atoms with Crippen LogP contribution in [-0.4, -0.2) is 77.2 Å². The molecule has 3 aliphatic heterocycles. The lowest BCUT2D eigenvalue weighted by Gasteiger charge is -2.39. The number of allylic oxidation sites excluding steroid dienone is 1. The number of rotatable bonds is 14. The van der Waals surface area contributed by atoms with Gasteiger partial charge in [-0.15, -0.1) is 13.2 Å². The zero-order valence-electron chi connectivity index (χ0n) is 26.8. The third kappa shape index (κ3) is 6.34. The first-order valence-corrected chi connectivity index (χ1v) is 16.4. The van der Waals surface area contributed by atoms with E-state index in [0.29, 0.717) is 35.5 Å². The highest BCUT2D eigenvalue weighted by atomic mass is 35.5. The van der Waals surface area contributed by atoms with E-state index < -0.39 is 66.1 Å². The van der Waals surface area contributed by atoms with Crippen molar-refractivity contribution in [2.45, 2.75) is 69.4 Å². The second kappa shape index (κ2) is 14.4. The van der Waals surface area contributed by atoms with E-state index in [9.17, 15) is 24.3 Å². The molecule has 10 nitrogen and oxygen atoms in total. The van der Waals surface area contributed by atoms with Crippen LogP contribution in [0.15, 0.2) is 73.8 Å². The summed E-state index contributed by atoms with van der Waals surface area (Å²) in [7, 11) is 0. The first kappa shape index (κ1) is 34.3. The second-order valence-electron chi connectivity index (χ2n) is 12.4. The molecule has 2 N–H and O–H groups in total. The Morgan fingerprint density at radius 1 is 1.19 bits per heavy atom. The standard InChI is InChI=1S/C36H42ClN3O7/c1-5-7-16-28(42)38-20-27(24-13-9-8-10-14-24)46-35(45)29-26-17-18-36(47-26)30(29)33(43)40(23(4)21-41)32(36)34(44)39(19-6-2)31-22(3)12-11-15-25(31)37/h5-6,8-15,23,26-27,29-30,32,41H,1-2,7,16-21H2,3-4H3,(H,38,42)/t23-,26-,27-,29+,30+,32-,36+/m1/s1. The van der Waals surface area contributed by atoms with Crippen LogP contribution in [0.1, 0.15) is 49.8 Å². The largest absolute Gasteiger partial charge is 0.455 e. The number of benzene rings is 2. The average Bonchev–Trinajstić information content (AvgIpc) is 3.72. The van der Waals surface area contributed by atoms with Crippen LogP contribution in [0.25, 0.3) is 0 Å². The minimum Gasteiger partial charge on any atom is -0.455 e. The summed E-state index contributed by atoms with van der Waals surface area (Å²) in [5, 5.41) is 13.4. The number of nitrogens with zero attached hydrogens (tertiary/aromatic N) is 2. The summed E-state index contributed by atoms with van der Waals surface area (Å²) in [6.07, 6.45) is 3.34. The van der Waals surface area contributed by atoms with E-state index in [1.54, 1.807) is 43.3 Å². The number of amides is 3. The molecule has 2 bridgehead atoms. The van der Waals surface area contributed by atoms with Gasteiger partial charge in [0.2, 0.25) is 11.8 Å². The fourth-order valence-corrected chi connectivity index (χ4v) is 7.70. The van der Waals surface area contributed by atoms with Crippen molar-refractivity contribution in [3.8, 4) is 0 Å². The van der Waals surface area contributed by atoms with Crippen LogP contribution in [-0.2, 0) is 28.7 Å². The van der Waals surface area contributed by atoms with E-state index in [4.69, 9.17) is 21.1 Å². The number of para-hydroxylation sites is 1. The van der Waals surface area contributed by atoms with Crippen LogP contribution in [0.4, 0.5) is 5.69 Å². The molecule has 3 amide bonds. The molecular formula is C36H42ClN3O7. The van der Waals surface area contributed by atoms with E-state index in [1.165, 1.54) is 9.80 Å². The van der Waals surface area contributed by atoms with Crippen LogP contribution in [0.5, 0.6) is 0 Å². The van der Waals surface area contributed by atoms with Gasteiger partial charge in [-0.1, -0.05) is 66.2 Å². The fourth-order valence-electron chi connectivity index (χ4n) is 7.38. The Morgan fingerprint density at radius 3 is 2.60 bits per heavy atom. The van der Waals surface area contributed by atoms with Gasteiger partial charge >= 0.3 is 5.97 Å². The molecule has 0 aliphatic carbocycles. The Bertz CT molecular complexity index is 1510. The summed E-state index contributed by atoms with van der Waals surface area (Å²) in [6, 6.07) is 12.5. The number of fused-ring (bicyclic) bond motifs is 1. The molecule has 0 aromatic heterocycles. The highest BCUT2D eigenvalue weighted by Gasteiger charge is 2.75. The third-order valence-electron chi connectivity index (χ3n) is 9.51. The SMILES string of the molecule is C=CCCC(=O)NC[C@@H](OC(=O)[C@@H]1[C@H]2C(=O)N([C@H](C)CO)[C@H](C(=O)N(CC=C)c3c(C)cccc3Cl)[C@]23CC[C@H]1O3)c1ccccc1. The maximum atomic E-state index is 14.7. The van der Waals surface area contributed by atoms with Gasteiger partial charge in [0, 0.05) is 13.0 Å². The number of carbonyl (C=O) groups is 4. The lowest BCUT2D eigenvalue weighted by molar-refractivity contribution is -0.161. The first-order chi connectivity index (χ1) is 22.6. The van der Waals surface area contributed by atoms with Gasteiger partial charge in [-0.2, -0.15) is 0 Å². The van der Waals surface area contributed by atoms with Crippen molar-refractivity contribution >= 4 is 41.0 Å². The predicted molar refractivity (Wildman–Crippen MR) is 177 cm³/mol. The predicted octanol–water partition coefficient (Wildman–Crippen LogP) is 4.29. The number of ether oxygens (including phenoxy) is 2. The van der Waals surface area contributed by atoms with E-state index in [1.807, 2.05) is 31.2 Å². The molecule has 3 fully saturated rings. The summed E-state index contributed by atoms with van der Waals surface area (Å²) in [4.78, 5) is 58.5. The van der Waals surface area contributed by atoms with Crippen LogP contribution in [0.2, 0.25) is 5.02 Å². The minimum atomic E-state index is -1.32. The van der Waals surface area contributed by atoms with E-state index in [2.05, 4.69) is 18.5 Å². The third-order valence-corrected chi connectivity index (χ3v) is 9.81. The maximum Gasteiger partial charge on any atom is 0.313 e. The Hall–Kier alpha value is -3.99. The van der Waals surface area contributed by atoms with Gasteiger partial charge in [-0.25, -0.2) is 0 Å². The molecule has 2 aromatic rings. The van der Waals surface area contributed by atoms with Crippen LogP contribution >= 0.6 is 11.6 Å². The summed E-state index contributed by atoms with van der Waals surface area (Å²) in [5.74, 6) is -3.72. The maximum absolute atomic E-state index is 14.7. The highest BCUT2D eigenvalue weighted by molar-refractivity contribution is 6.34. The summed E-state index contributed by atoms with van der Waals surface area (Å²) < 4.78 is 12.7. The monoisotopic (exact) mass is 663 g/mol.